The summed E-state index contributed by atoms with van der Waals surface area (Å²) in [6.07, 6.45) is 5.53. The minimum absolute atomic E-state index is 0.141. The Balaban J connectivity index is 2.17. The highest BCUT2D eigenvalue weighted by atomic mass is 79.9. The van der Waals surface area contributed by atoms with Gasteiger partial charge in [0.2, 0.25) is 0 Å². The third-order valence-electron chi connectivity index (χ3n) is 2.82. The summed E-state index contributed by atoms with van der Waals surface area (Å²) < 4.78 is 5.46. The maximum atomic E-state index is 5.46. The maximum Gasteiger partial charge on any atom is 0.102 e. The molecule has 0 saturated carbocycles. The molecule has 1 aliphatic rings. The molecule has 1 aromatic rings. The van der Waals surface area contributed by atoms with Crippen molar-refractivity contribution in [3.63, 3.8) is 0 Å². The van der Waals surface area contributed by atoms with E-state index in [2.05, 4.69) is 59.3 Å². The number of alkyl halides is 1. The molecule has 0 aliphatic heterocycles. The van der Waals surface area contributed by atoms with Crippen molar-refractivity contribution >= 4 is 22.0 Å². The standard InChI is InChI=1S/C13H15BrO/c1-13(9-15-10-14)7-6-11-4-2-3-5-12(11)8-13/h2-7H,8-10H2,1H3. The van der Waals surface area contributed by atoms with E-state index in [1.807, 2.05) is 0 Å². The van der Waals surface area contributed by atoms with Gasteiger partial charge in [0.05, 0.1) is 6.61 Å². The zero-order valence-electron chi connectivity index (χ0n) is 8.87. The molecule has 0 bridgehead atoms. The van der Waals surface area contributed by atoms with Crippen LogP contribution in [0, 0.1) is 5.41 Å². The van der Waals surface area contributed by atoms with Crippen molar-refractivity contribution in [1.29, 1.82) is 0 Å². The monoisotopic (exact) mass is 266 g/mol. The quantitative estimate of drug-likeness (QED) is 0.760. The van der Waals surface area contributed by atoms with Crippen LogP contribution in [-0.2, 0) is 11.2 Å². The third kappa shape index (κ3) is 2.50. The van der Waals surface area contributed by atoms with E-state index in [9.17, 15) is 0 Å². The molecule has 2 heteroatoms. The molecule has 0 radical (unpaired) electrons. The zero-order chi connectivity index (χ0) is 10.7. The fraction of sp³-hybridized carbons (Fsp3) is 0.385. The zero-order valence-corrected chi connectivity index (χ0v) is 10.5. The van der Waals surface area contributed by atoms with Crippen LogP contribution >= 0.6 is 15.9 Å². The first-order chi connectivity index (χ1) is 7.23. The molecular formula is C13H15BrO. The maximum absolute atomic E-state index is 5.46. The van der Waals surface area contributed by atoms with Crippen LogP contribution in [0.3, 0.4) is 0 Å². The van der Waals surface area contributed by atoms with Crippen molar-refractivity contribution in [1.82, 2.24) is 0 Å². The van der Waals surface area contributed by atoms with Gasteiger partial charge in [-0.3, -0.25) is 0 Å². The van der Waals surface area contributed by atoms with E-state index < -0.39 is 0 Å². The van der Waals surface area contributed by atoms with Gasteiger partial charge in [0, 0.05) is 5.41 Å². The normalized spacial score (nSPS) is 23.9. The van der Waals surface area contributed by atoms with Gasteiger partial charge in [-0.15, -0.1) is 0 Å². The van der Waals surface area contributed by atoms with Crippen LogP contribution < -0.4 is 0 Å². The molecule has 15 heavy (non-hydrogen) atoms. The summed E-state index contributed by atoms with van der Waals surface area (Å²) in [6, 6.07) is 8.55. The number of hydrogen-bond acceptors (Lipinski definition) is 1. The number of hydrogen-bond donors (Lipinski definition) is 0. The van der Waals surface area contributed by atoms with Gasteiger partial charge >= 0.3 is 0 Å². The van der Waals surface area contributed by atoms with Crippen LogP contribution in [0.15, 0.2) is 30.3 Å². The minimum Gasteiger partial charge on any atom is -0.369 e. The Hall–Kier alpha value is -0.600. The Kier molecular flexibility index (Phi) is 3.27. The highest BCUT2D eigenvalue weighted by molar-refractivity contribution is 9.09. The second-order valence-corrected chi connectivity index (χ2v) is 4.78. The average Bonchev–Trinajstić information content (AvgIpc) is 2.26. The summed E-state index contributed by atoms with van der Waals surface area (Å²) in [5.74, 6) is 0. The Morgan fingerprint density at radius 1 is 1.40 bits per heavy atom. The lowest BCUT2D eigenvalue weighted by Crippen LogP contribution is -2.25. The summed E-state index contributed by atoms with van der Waals surface area (Å²) in [5.41, 5.74) is 3.51. The van der Waals surface area contributed by atoms with Crippen LogP contribution in [-0.4, -0.2) is 12.1 Å². The molecule has 80 valence electrons. The second-order valence-electron chi connectivity index (χ2n) is 4.32. The largest absolute Gasteiger partial charge is 0.369 e. The van der Waals surface area contributed by atoms with E-state index in [-0.39, 0.29) is 5.41 Å². The van der Waals surface area contributed by atoms with E-state index in [0.717, 1.165) is 13.0 Å². The molecule has 0 N–H and O–H groups in total. The topological polar surface area (TPSA) is 9.23 Å². The van der Waals surface area contributed by atoms with E-state index in [0.29, 0.717) is 5.52 Å². The van der Waals surface area contributed by atoms with Gasteiger partial charge < -0.3 is 4.74 Å². The second kappa shape index (κ2) is 4.50. The molecule has 1 aliphatic carbocycles. The molecule has 0 spiro atoms. The summed E-state index contributed by atoms with van der Waals surface area (Å²) in [5, 5.41) is 0. The predicted molar refractivity (Wildman–Crippen MR) is 67.0 cm³/mol. The highest BCUT2D eigenvalue weighted by Crippen LogP contribution is 2.32. The Bertz CT molecular complexity index is 373. The first-order valence-corrected chi connectivity index (χ1v) is 6.26. The van der Waals surface area contributed by atoms with Gasteiger partial charge in [-0.2, -0.15) is 0 Å². The predicted octanol–water partition coefficient (Wildman–Crippen LogP) is 3.63. The lowest BCUT2D eigenvalue weighted by atomic mass is 9.78. The smallest absolute Gasteiger partial charge is 0.102 e. The van der Waals surface area contributed by atoms with Crippen LogP contribution in [0.25, 0.3) is 6.08 Å². The lowest BCUT2D eigenvalue weighted by molar-refractivity contribution is 0.113. The van der Waals surface area contributed by atoms with Crippen LogP contribution in [0.4, 0.5) is 0 Å². The number of rotatable bonds is 3. The molecule has 1 unspecified atom stereocenters. The first-order valence-electron chi connectivity index (χ1n) is 5.14. The molecule has 1 aromatic carbocycles. The molecule has 2 rings (SSSR count). The van der Waals surface area contributed by atoms with E-state index >= 15 is 0 Å². The average molecular weight is 267 g/mol. The minimum atomic E-state index is 0.141. The Morgan fingerprint density at radius 2 is 2.20 bits per heavy atom. The van der Waals surface area contributed by atoms with Crippen molar-refractivity contribution in [3.8, 4) is 0 Å². The molecule has 0 aromatic heterocycles. The van der Waals surface area contributed by atoms with E-state index in [1.165, 1.54) is 11.1 Å². The summed E-state index contributed by atoms with van der Waals surface area (Å²) in [7, 11) is 0. The van der Waals surface area contributed by atoms with Gasteiger partial charge in [-0.05, 0) is 17.5 Å². The van der Waals surface area contributed by atoms with Crippen molar-refractivity contribution in [2.45, 2.75) is 13.3 Å². The summed E-state index contributed by atoms with van der Waals surface area (Å²) >= 11 is 3.29. The Morgan fingerprint density at radius 3 is 3.00 bits per heavy atom. The fourth-order valence-electron chi connectivity index (χ4n) is 2.01. The van der Waals surface area contributed by atoms with Crippen molar-refractivity contribution in [3.05, 3.63) is 41.5 Å². The van der Waals surface area contributed by atoms with Gasteiger partial charge in [0.1, 0.15) is 5.52 Å². The van der Waals surface area contributed by atoms with Gasteiger partial charge in [-0.25, -0.2) is 0 Å². The van der Waals surface area contributed by atoms with Crippen molar-refractivity contribution < 1.29 is 4.74 Å². The number of fused-ring (bicyclic) bond motifs is 1. The molecule has 1 nitrogen and oxygen atoms in total. The SMILES string of the molecule is CC1(COCBr)C=Cc2ccccc2C1. The summed E-state index contributed by atoms with van der Waals surface area (Å²) in [4.78, 5) is 0. The van der Waals surface area contributed by atoms with Crippen LogP contribution in [0.5, 0.6) is 0 Å². The number of halogens is 1. The highest BCUT2D eigenvalue weighted by Gasteiger charge is 2.25. The summed E-state index contributed by atoms with van der Waals surface area (Å²) in [6.45, 7) is 3.01. The van der Waals surface area contributed by atoms with Crippen molar-refractivity contribution in [2.24, 2.45) is 5.41 Å². The van der Waals surface area contributed by atoms with Gasteiger partial charge in [-0.1, -0.05) is 59.3 Å². The lowest BCUT2D eigenvalue weighted by Gasteiger charge is -2.29. The van der Waals surface area contributed by atoms with Gasteiger partial charge in [0.15, 0.2) is 0 Å². The molecule has 1 atom stereocenters. The van der Waals surface area contributed by atoms with Crippen LogP contribution in [0.2, 0.25) is 0 Å². The van der Waals surface area contributed by atoms with Crippen molar-refractivity contribution in [2.75, 3.05) is 12.1 Å². The van der Waals surface area contributed by atoms with Gasteiger partial charge in [0.25, 0.3) is 0 Å². The molecule has 0 fully saturated rings. The molecule has 0 heterocycles. The fourth-order valence-corrected chi connectivity index (χ4v) is 2.18. The molecule has 0 amide bonds. The Labute approximate surface area is 99.3 Å². The number of ether oxygens (including phenoxy) is 1. The molecular weight excluding hydrogens is 252 g/mol. The first kappa shape index (κ1) is 10.9. The third-order valence-corrected chi connectivity index (χ3v) is 3.15. The van der Waals surface area contributed by atoms with E-state index in [4.69, 9.17) is 4.74 Å². The number of benzene rings is 1. The molecule has 0 saturated heterocycles. The van der Waals surface area contributed by atoms with Crippen LogP contribution in [0.1, 0.15) is 18.1 Å². The van der Waals surface area contributed by atoms with E-state index in [1.54, 1.807) is 0 Å².